The first-order chi connectivity index (χ1) is 17.3. The summed E-state index contributed by atoms with van der Waals surface area (Å²) in [5.41, 5.74) is 1.05. The number of anilines is 1. The highest BCUT2D eigenvalue weighted by molar-refractivity contribution is 7.84. The molecule has 1 amide bonds. The molecular weight excluding hydrogens is 517 g/mol. The second-order valence-corrected chi connectivity index (χ2v) is 8.87. The van der Waals surface area contributed by atoms with Gasteiger partial charge in [0.05, 0.1) is 12.0 Å². The van der Waals surface area contributed by atoms with Gasteiger partial charge in [-0.15, -0.1) is 13.2 Å². The molecule has 13 heteroatoms. The Morgan fingerprint density at radius 2 is 1.59 bits per heavy atom. The molecule has 9 nitrogen and oxygen atoms in total. The zero-order valence-electron chi connectivity index (χ0n) is 18.6. The van der Waals surface area contributed by atoms with Crippen LogP contribution >= 0.6 is 0 Å². The zero-order chi connectivity index (χ0) is 26.8. The van der Waals surface area contributed by atoms with Crippen molar-refractivity contribution in [2.24, 2.45) is 5.14 Å². The van der Waals surface area contributed by atoms with Crippen LogP contribution in [-0.2, 0) is 21.5 Å². The lowest BCUT2D eigenvalue weighted by atomic mass is 10.1. The largest absolute Gasteiger partial charge is 0.573 e. The zero-order valence-corrected chi connectivity index (χ0v) is 19.4. The van der Waals surface area contributed by atoms with E-state index in [9.17, 15) is 31.2 Å². The van der Waals surface area contributed by atoms with Gasteiger partial charge in [0.1, 0.15) is 17.1 Å². The summed E-state index contributed by atoms with van der Waals surface area (Å²) in [6, 6.07) is 16.9. The molecule has 192 valence electrons. The predicted octanol–water partition coefficient (Wildman–Crippen LogP) is 4.12. The summed E-state index contributed by atoms with van der Waals surface area (Å²) < 4.78 is 72.6. The quantitative estimate of drug-likeness (QED) is 0.340. The number of hydrogen-bond donors (Lipinski definition) is 2. The molecule has 0 saturated carbocycles. The highest BCUT2D eigenvalue weighted by atomic mass is 32.2. The molecule has 3 N–H and O–H groups in total. The second kappa shape index (κ2) is 9.95. The molecule has 0 atom stereocenters. The van der Waals surface area contributed by atoms with E-state index in [2.05, 4.69) is 14.2 Å². The van der Waals surface area contributed by atoms with E-state index < -0.39 is 28.2 Å². The molecule has 3 aromatic carbocycles. The van der Waals surface area contributed by atoms with E-state index in [1.165, 1.54) is 30.3 Å². The maximum Gasteiger partial charge on any atom is 0.573 e. The smallest absolute Gasteiger partial charge is 0.422 e. The number of alkyl halides is 3. The number of nitrogens with one attached hydrogen (secondary N) is 1. The lowest BCUT2D eigenvalue weighted by Gasteiger charge is -2.10. The van der Waals surface area contributed by atoms with Crippen molar-refractivity contribution >= 4 is 32.9 Å². The molecule has 0 spiro atoms. The van der Waals surface area contributed by atoms with Crippen LogP contribution in [0.3, 0.4) is 0 Å². The number of rotatable bonds is 7. The lowest BCUT2D eigenvalue weighted by Crippen LogP contribution is -2.18. The third kappa shape index (κ3) is 7.08. The Labute approximate surface area is 207 Å². The van der Waals surface area contributed by atoms with Crippen LogP contribution in [-0.4, -0.2) is 20.7 Å². The molecule has 1 heterocycles. The standard InChI is InChI=1S/C24H17F3N2O7S/c25-24(26,27)35-18-8-1-14(2-9-18)11-22(30)29-17-6-3-15(4-7-17)20-12-16-5-10-19(36-37(28,32)33)13-21(16)34-23(20)31/h1-10,12-13H,11H2,(H,29,30)(H2,28,32,33). The molecule has 37 heavy (non-hydrogen) atoms. The normalized spacial score (nSPS) is 11.8. The van der Waals surface area contributed by atoms with Gasteiger partial charge >= 0.3 is 22.3 Å². The molecule has 0 aliphatic heterocycles. The van der Waals surface area contributed by atoms with Crippen LogP contribution in [0.5, 0.6) is 11.5 Å². The molecule has 0 radical (unpaired) electrons. The fourth-order valence-corrected chi connectivity index (χ4v) is 3.78. The van der Waals surface area contributed by atoms with Crippen LogP contribution in [0.4, 0.5) is 18.9 Å². The Balaban J connectivity index is 1.44. The van der Waals surface area contributed by atoms with Gasteiger partial charge in [-0.2, -0.15) is 13.6 Å². The molecule has 0 bridgehead atoms. The molecule has 0 aliphatic rings. The summed E-state index contributed by atoms with van der Waals surface area (Å²) in [7, 11) is -4.24. The predicted molar refractivity (Wildman–Crippen MR) is 127 cm³/mol. The van der Waals surface area contributed by atoms with Gasteiger partial charge in [-0.05, 0) is 53.6 Å². The number of carbonyl (C=O) groups is 1. The second-order valence-electron chi connectivity index (χ2n) is 7.72. The number of amides is 1. The van der Waals surface area contributed by atoms with E-state index in [1.54, 1.807) is 30.3 Å². The summed E-state index contributed by atoms with van der Waals surface area (Å²) in [6.07, 6.45) is -4.88. The van der Waals surface area contributed by atoms with Crippen molar-refractivity contribution in [2.45, 2.75) is 12.8 Å². The summed E-state index contributed by atoms with van der Waals surface area (Å²) in [5.74, 6) is -0.903. The minimum Gasteiger partial charge on any atom is -0.422 e. The fraction of sp³-hybridized carbons (Fsp3) is 0.0833. The van der Waals surface area contributed by atoms with E-state index in [1.807, 2.05) is 0 Å². The average molecular weight is 534 g/mol. The van der Waals surface area contributed by atoms with E-state index in [0.717, 1.165) is 12.1 Å². The highest BCUT2D eigenvalue weighted by Crippen LogP contribution is 2.26. The van der Waals surface area contributed by atoms with E-state index >= 15 is 0 Å². The molecule has 4 aromatic rings. The Kier molecular flexibility index (Phi) is 6.92. The minimum atomic E-state index is -4.80. The number of ether oxygens (including phenoxy) is 1. The van der Waals surface area contributed by atoms with E-state index in [4.69, 9.17) is 9.56 Å². The highest BCUT2D eigenvalue weighted by Gasteiger charge is 2.31. The molecule has 0 unspecified atom stereocenters. The van der Waals surface area contributed by atoms with Crippen molar-refractivity contribution in [2.75, 3.05) is 5.32 Å². The Hall–Kier alpha value is -4.36. The molecule has 1 aromatic heterocycles. The van der Waals surface area contributed by atoms with Crippen LogP contribution in [0, 0.1) is 0 Å². The number of hydrogen-bond acceptors (Lipinski definition) is 7. The van der Waals surface area contributed by atoms with Gasteiger partial charge in [0.15, 0.2) is 0 Å². The average Bonchev–Trinajstić information content (AvgIpc) is 2.78. The van der Waals surface area contributed by atoms with E-state index in [0.29, 0.717) is 22.2 Å². The number of halogens is 3. The van der Waals surface area contributed by atoms with Crippen LogP contribution in [0.1, 0.15) is 5.56 Å². The summed E-state index contributed by atoms with van der Waals surface area (Å²) >= 11 is 0. The molecule has 0 saturated heterocycles. The van der Waals surface area contributed by atoms with Crippen molar-refractivity contribution in [1.82, 2.24) is 0 Å². The van der Waals surface area contributed by atoms with Gasteiger partial charge in [-0.3, -0.25) is 4.79 Å². The Bertz CT molecular complexity index is 1620. The van der Waals surface area contributed by atoms with Crippen molar-refractivity contribution < 1.29 is 39.7 Å². The van der Waals surface area contributed by atoms with Gasteiger partial charge in [-0.25, -0.2) is 4.79 Å². The molecule has 0 aliphatic carbocycles. The monoisotopic (exact) mass is 534 g/mol. The van der Waals surface area contributed by atoms with Gasteiger partial charge in [-0.1, -0.05) is 24.3 Å². The summed E-state index contributed by atoms with van der Waals surface area (Å²) in [5, 5.41) is 8.01. The first-order valence-corrected chi connectivity index (χ1v) is 11.9. The fourth-order valence-electron chi connectivity index (χ4n) is 3.41. The molecule has 0 fully saturated rings. The van der Waals surface area contributed by atoms with Gasteiger partial charge < -0.3 is 18.7 Å². The summed E-state index contributed by atoms with van der Waals surface area (Å²) in [6.45, 7) is 0. The first-order valence-electron chi connectivity index (χ1n) is 10.4. The van der Waals surface area contributed by atoms with Crippen molar-refractivity contribution in [3.8, 4) is 22.6 Å². The number of fused-ring (bicyclic) bond motifs is 1. The summed E-state index contributed by atoms with van der Waals surface area (Å²) in [4.78, 5) is 24.8. The van der Waals surface area contributed by atoms with Crippen molar-refractivity contribution in [3.05, 3.63) is 88.8 Å². The molecule has 4 rings (SSSR count). The third-order valence-electron chi connectivity index (χ3n) is 4.92. The van der Waals surface area contributed by atoms with Gasteiger partial charge in [0.2, 0.25) is 5.91 Å². The third-order valence-corrected chi connectivity index (χ3v) is 5.35. The van der Waals surface area contributed by atoms with Crippen molar-refractivity contribution in [3.63, 3.8) is 0 Å². The lowest BCUT2D eigenvalue weighted by molar-refractivity contribution is -0.274. The van der Waals surface area contributed by atoms with Crippen LogP contribution in [0.15, 0.2) is 82.0 Å². The maximum atomic E-state index is 12.5. The van der Waals surface area contributed by atoms with Crippen LogP contribution in [0.25, 0.3) is 22.1 Å². The van der Waals surface area contributed by atoms with Crippen LogP contribution < -0.4 is 25.0 Å². The van der Waals surface area contributed by atoms with Gasteiger partial charge in [0.25, 0.3) is 0 Å². The number of benzene rings is 3. The Morgan fingerprint density at radius 1 is 0.946 bits per heavy atom. The van der Waals surface area contributed by atoms with Crippen molar-refractivity contribution in [1.29, 1.82) is 0 Å². The number of nitrogens with two attached hydrogens (primary N) is 1. The Morgan fingerprint density at radius 3 is 2.22 bits per heavy atom. The maximum absolute atomic E-state index is 12.5. The van der Waals surface area contributed by atoms with E-state index in [-0.39, 0.29) is 29.1 Å². The topological polar surface area (TPSA) is 138 Å². The first kappa shape index (κ1) is 25.7. The van der Waals surface area contributed by atoms with Gasteiger partial charge in [0, 0.05) is 17.1 Å². The minimum absolute atomic E-state index is 0.0839. The molecular formula is C24H17F3N2O7S. The SMILES string of the molecule is NS(=O)(=O)Oc1ccc2cc(-c3ccc(NC(=O)Cc4ccc(OC(F)(F)F)cc4)cc3)c(=O)oc2c1. The number of carbonyl (C=O) groups excluding carboxylic acids is 1. The van der Waals surface area contributed by atoms with Crippen LogP contribution in [0.2, 0.25) is 0 Å².